The van der Waals surface area contributed by atoms with Crippen LogP contribution in [0.4, 0.5) is 0 Å². The van der Waals surface area contributed by atoms with Crippen molar-refractivity contribution >= 4 is 34.1 Å². The van der Waals surface area contributed by atoms with Crippen molar-refractivity contribution < 1.29 is 0 Å². The van der Waals surface area contributed by atoms with Gasteiger partial charge in [0.2, 0.25) is 0 Å². The Morgan fingerprint density at radius 3 is 2.33 bits per heavy atom. The zero-order valence-electron chi connectivity index (χ0n) is 3.95. The average molecular weight is 211 g/mol. The van der Waals surface area contributed by atoms with Gasteiger partial charge in [0.15, 0.2) is 0 Å². The molecule has 2 radical (unpaired) electrons. The predicted octanol–water partition coefficient (Wildman–Crippen LogP) is 1.25. The Morgan fingerprint density at radius 2 is 2.33 bits per heavy atom. The molecule has 2 heteroatoms. The van der Waals surface area contributed by atoms with Crippen LogP contribution in [0, 0.1) is 0 Å². The molecule has 0 bridgehead atoms. The number of hydrogen-bond acceptors (Lipinski definition) is 0. The van der Waals surface area contributed by atoms with Crippen LogP contribution in [0.2, 0.25) is 0 Å². The van der Waals surface area contributed by atoms with Crippen LogP contribution in [0.1, 0.15) is 19.8 Å². The molecule has 0 heterocycles. The van der Waals surface area contributed by atoms with E-state index >= 15 is 0 Å². The monoisotopic (exact) mass is 212 g/mol. The molecule has 6 heavy (non-hydrogen) atoms. The summed E-state index contributed by atoms with van der Waals surface area (Å²) in [7, 11) is 0. The van der Waals surface area contributed by atoms with E-state index in [0.29, 0.717) is 3.39 Å². The topological polar surface area (TPSA) is 0 Å². The van der Waals surface area contributed by atoms with E-state index in [9.17, 15) is 0 Å². The van der Waals surface area contributed by atoms with Crippen LogP contribution in [0.15, 0.2) is 0 Å². The van der Waals surface area contributed by atoms with Gasteiger partial charge in [0.05, 0.1) is 0 Å². The number of rotatable bonds is 2. The third kappa shape index (κ3) is 5.09. The van der Waals surface area contributed by atoms with E-state index in [2.05, 4.69) is 6.92 Å². The Hall–Kier alpha value is 1.09. The molecule has 0 saturated carbocycles. The van der Waals surface area contributed by atoms with Crippen LogP contribution in [-0.4, -0.2) is 25.9 Å². The van der Waals surface area contributed by atoms with Gasteiger partial charge in [-0.25, -0.2) is 0 Å². The molecule has 36 valence electrons. The Kier molecular flexibility index (Phi) is 5.02. The van der Waals surface area contributed by atoms with Gasteiger partial charge < -0.3 is 0 Å². The van der Waals surface area contributed by atoms with Gasteiger partial charge in [-0.15, -0.1) is 0 Å². The Labute approximate surface area is 57.3 Å². The van der Waals surface area contributed by atoms with E-state index in [1.807, 2.05) is 0 Å². The first-order chi connectivity index (χ1) is 2.77. The summed E-state index contributed by atoms with van der Waals surface area (Å²) in [6.45, 7) is 2.16. The summed E-state index contributed by atoms with van der Waals surface area (Å²) >= 11 is 6.84. The Morgan fingerprint density at radius 1 is 1.83 bits per heavy atom. The fraction of sp³-hybridized carbons (Fsp3) is 1.00. The van der Waals surface area contributed by atoms with E-state index in [1.54, 1.807) is 0 Å². The van der Waals surface area contributed by atoms with E-state index < -0.39 is 0 Å². The van der Waals surface area contributed by atoms with Gasteiger partial charge in [-0.1, -0.05) is 0 Å². The van der Waals surface area contributed by atoms with E-state index in [-0.39, 0.29) is 0 Å². The zero-order valence-corrected chi connectivity index (χ0v) is 8.00. The van der Waals surface area contributed by atoms with E-state index in [4.69, 9.17) is 11.6 Å². The molecule has 0 aliphatic rings. The Balaban J connectivity index is 2.63. The van der Waals surface area contributed by atoms with Gasteiger partial charge in [0.25, 0.3) is 0 Å². The SMILES string of the molecule is CCC[CH](Cl)[SnH]. The first-order valence-corrected chi connectivity index (χ1v) is 4.51. The van der Waals surface area contributed by atoms with Gasteiger partial charge >= 0.3 is 57.3 Å². The summed E-state index contributed by atoms with van der Waals surface area (Å²) in [4.78, 5) is 0. The molecule has 1 atom stereocenters. The molecule has 0 amide bonds. The van der Waals surface area contributed by atoms with Crippen molar-refractivity contribution in [2.75, 3.05) is 0 Å². The molecule has 0 rings (SSSR count). The van der Waals surface area contributed by atoms with Crippen molar-refractivity contribution in [2.24, 2.45) is 0 Å². The molecule has 0 nitrogen and oxygen atoms in total. The van der Waals surface area contributed by atoms with E-state index in [1.165, 1.54) is 35.4 Å². The van der Waals surface area contributed by atoms with Crippen LogP contribution in [0.5, 0.6) is 0 Å². The molecule has 0 aliphatic heterocycles. The third-order valence-corrected chi connectivity index (χ3v) is 1.73. The molecule has 0 spiro atoms. The summed E-state index contributed by atoms with van der Waals surface area (Å²) in [6, 6.07) is 0. The van der Waals surface area contributed by atoms with Gasteiger partial charge in [-0.2, -0.15) is 0 Å². The minimum absolute atomic E-state index is 0.500. The first kappa shape index (κ1) is 7.09. The maximum absolute atomic E-state index is 5.64. The van der Waals surface area contributed by atoms with Crippen LogP contribution in [-0.2, 0) is 0 Å². The zero-order chi connectivity index (χ0) is 4.99. The quantitative estimate of drug-likeness (QED) is 0.476. The van der Waals surface area contributed by atoms with Crippen LogP contribution in [0.25, 0.3) is 0 Å². The maximum atomic E-state index is 5.64. The summed E-state index contributed by atoms with van der Waals surface area (Å²) < 4.78 is 0.500. The first-order valence-electron chi connectivity index (χ1n) is 2.17. The van der Waals surface area contributed by atoms with Crippen molar-refractivity contribution in [2.45, 2.75) is 23.2 Å². The predicted molar refractivity (Wildman–Crippen MR) is 31.7 cm³/mol. The molecule has 0 aliphatic carbocycles. The molecule has 0 aromatic rings. The number of hydrogen-bond donors (Lipinski definition) is 0. The fourth-order valence-corrected chi connectivity index (χ4v) is 1.45. The molecule has 1 unspecified atom stereocenters. The van der Waals surface area contributed by atoms with Crippen molar-refractivity contribution in [3.63, 3.8) is 0 Å². The van der Waals surface area contributed by atoms with Crippen molar-refractivity contribution in [1.82, 2.24) is 0 Å². The van der Waals surface area contributed by atoms with Crippen molar-refractivity contribution in [1.29, 1.82) is 0 Å². The molecular weight excluding hydrogens is 202 g/mol. The molecule has 0 fully saturated rings. The van der Waals surface area contributed by atoms with Crippen LogP contribution < -0.4 is 0 Å². The summed E-state index contributed by atoms with van der Waals surface area (Å²) in [6.07, 6.45) is 2.43. The average Bonchev–Trinajstić information content (AvgIpc) is 1.35. The number of alkyl halides is 1. The molecule has 0 aromatic heterocycles. The third-order valence-electron chi connectivity index (χ3n) is 0.564. The minimum atomic E-state index is 0.500. The van der Waals surface area contributed by atoms with Crippen LogP contribution in [0.3, 0.4) is 0 Å². The molecule has 0 aromatic carbocycles. The Bertz CT molecular complexity index is 28.7. The van der Waals surface area contributed by atoms with E-state index in [0.717, 1.165) is 0 Å². The summed E-state index contributed by atoms with van der Waals surface area (Å²) in [5, 5.41) is 0. The summed E-state index contributed by atoms with van der Waals surface area (Å²) in [5.74, 6) is 0. The second-order valence-corrected chi connectivity index (χ2v) is 5.37. The van der Waals surface area contributed by atoms with Gasteiger partial charge in [0.1, 0.15) is 0 Å². The second kappa shape index (κ2) is 4.25. The van der Waals surface area contributed by atoms with Gasteiger partial charge in [-0.05, 0) is 0 Å². The number of halogens is 1. The molecular formula is C4H9ClSn. The molecule has 0 N–H and O–H groups in total. The second-order valence-electron chi connectivity index (χ2n) is 1.30. The van der Waals surface area contributed by atoms with Gasteiger partial charge in [0, 0.05) is 0 Å². The van der Waals surface area contributed by atoms with Gasteiger partial charge in [-0.3, -0.25) is 0 Å². The van der Waals surface area contributed by atoms with Crippen molar-refractivity contribution in [3.05, 3.63) is 0 Å². The van der Waals surface area contributed by atoms with Crippen molar-refractivity contribution in [3.8, 4) is 0 Å². The normalized spacial score (nSPS) is 14.5. The van der Waals surface area contributed by atoms with Crippen LogP contribution >= 0.6 is 11.6 Å². The molecule has 0 saturated heterocycles. The fourth-order valence-electron chi connectivity index (χ4n) is 0.276. The standard InChI is InChI=1S/C4H8Cl.Sn.H/c1-2-3-4-5;;/h4H,2-3H2,1H3;;. The summed E-state index contributed by atoms with van der Waals surface area (Å²) in [5.41, 5.74) is 0.